The van der Waals surface area contributed by atoms with Gasteiger partial charge in [-0.2, -0.15) is 0 Å². The Kier molecular flexibility index (Phi) is 7.34. The van der Waals surface area contributed by atoms with E-state index in [0.29, 0.717) is 17.5 Å². The molecule has 0 N–H and O–H groups in total. The summed E-state index contributed by atoms with van der Waals surface area (Å²) < 4.78 is 2.58. The Hall–Kier alpha value is -6.23. The Morgan fingerprint density at radius 1 is 0.306 bits per heavy atom. The third-order valence-electron chi connectivity index (χ3n) is 8.97. The van der Waals surface area contributed by atoms with Crippen LogP contribution in [0.1, 0.15) is 0 Å². The number of thiophene rings is 1. The zero-order valence-corrected chi connectivity index (χ0v) is 27.3. The van der Waals surface area contributed by atoms with Gasteiger partial charge in [0.25, 0.3) is 0 Å². The molecule has 2 aromatic heterocycles. The van der Waals surface area contributed by atoms with Gasteiger partial charge in [-0.15, -0.1) is 11.3 Å². The average Bonchev–Trinajstić information content (AvgIpc) is 3.58. The van der Waals surface area contributed by atoms with Crippen LogP contribution in [-0.4, -0.2) is 15.0 Å². The van der Waals surface area contributed by atoms with Crippen molar-refractivity contribution in [3.8, 4) is 67.5 Å². The summed E-state index contributed by atoms with van der Waals surface area (Å²) >= 11 is 1.84. The molecule has 7 aromatic carbocycles. The van der Waals surface area contributed by atoms with E-state index in [9.17, 15) is 0 Å². The summed E-state index contributed by atoms with van der Waals surface area (Å²) in [7, 11) is 0. The van der Waals surface area contributed by atoms with E-state index >= 15 is 0 Å². The molecule has 2 heterocycles. The fourth-order valence-corrected chi connectivity index (χ4v) is 7.78. The second-order valence-corrected chi connectivity index (χ2v) is 13.1. The van der Waals surface area contributed by atoms with Crippen molar-refractivity contribution in [1.82, 2.24) is 15.0 Å². The molecule has 9 rings (SSSR count). The summed E-state index contributed by atoms with van der Waals surface area (Å²) in [4.78, 5) is 15.4. The number of benzene rings is 7. The molecule has 0 saturated heterocycles. The third kappa shape index (κ3) is 5.48. The van der Waals surface area contributed by atoms with Crippen molar-refractivity contribution in [3.63, 3.8) is 0 Å². The van der Waals surface area contributed by atoms with Gasteiger partial charge in [0.15, 0.2) is 17.5 Å². The van der Waals surface area contributed by atoms with Gasteiger partial charge < -0.3 is 0 Å². The molecule has 4 heteroatoms. The average molecular weight is 644 g/mol. The SMILES string of the molecule is c1ccc(-c2ccc(-c3nc(-c4cccc(-c5cccc6c5sc5ccccc56)c4)nc(-c4ccccc4-c4ccccc4)n3)cc2)cc1. The van der Waals surface area contributed by atoms with Crippen molar-refractivity contribution < 1.29 is 0 Å². The van der Waals surface area contributed by atoms with Crippen LogP contribution in [0, 0.1) is 0 Å². The Morgan fingerprint density at radius 2 is 0.816 bits per heavy atom. The first-order valence-corrected chi connectivity index (χ1v) is 17.2. The maximum Gasteiger partial charge on any atom is 0.164 e. The highest BCUT2D eigenvalue weighted by molar-refractivity contribution is 7.26. The summed E-state index contributed by atoms with van der Waals surface area (Å²) in [5.74, 6) is 1.92. The topological polar surface area (TPSA) is 38.7 Å². The molecule has 0 aliphatic heterocycles. The van der Waals surface area contributed by atoms with Gasteiger partial charge in [0.05, 0.1) is 0 Å². The van der Waals surface area contributed by atoms with Gasteiger partial charge in [-0.3, -0.25) is 0 Å². The molecule has 3 nitrogen and oxygen atoms in total. The van der Waals surface area contributed by atoms with Crippen molar-refractivity contribution in [2.24, 2.45) is 0 Å². The summed E-state index contributed by atoms with van der Waals surface area (Å²) in [5.41, 5.74) is 9.71. The van der Waals surface area contributed by atoms with E-state index in [4.69, 9.17) is 15.0 Å². The van der Waals surface area contributed by atoms with Crippen LogP contribution in [0.15, 0.2) is 176 Å². The first-order valence-electron chi connectivity index (χ1n) is 16.4. The van der Waals surface area contributed by atoms with E-state index < -0.39 is 0 Å². The minimum atomic E-state index is 0.638. The molecule has 0 aliphatic rings. The Morgan fingerprint density at radius 3 is 1.61 bits per heavy atom. The van der Waals surface area contributed by atoms with Crippen LogP contribution in [0.5, 0.6) is 0 Å². The number of rotatable bonds is 6. The van der Waals surface area contributed by atoms with Gasteiger partial charge >= 0.3 is 0 Å². The Bertz CT molecular complexity index is 2590. The molecule has 0 unspecified atom stereocenters. The van der Waals surface area contributed by atoms with Gasteiger partial charge in [0.1, 0.15) is 0 Å². The van der Waals surface area contributed by atoms with Crippen LogP contribution < -0.4 is 0 Å². The van der Waals surface area contributed by atoms with Crippen LogP contribution in [0.4, 0.5) is 0 Å². The first kappa shape index (κ1) is 29.0. The fourth-order valence-electron chi connectivity index (χ4n) is 6.54. The highest BCUT2D eigenvalue weighted by Gasteiger charge is 2.17. The van der Waals surface area contributed by atoms with Gasteiger partial charge in [-0.1, -0.05) is 164 Å². The number of aromatic nitrogens is 3. The minimum absolute atomic E-state index is 0.638. The summed E-state index contributed by atoms with van der Waals surface area (Å²) in [5, 5.41) is 2.58. The van der Waals surface area contributed by atoms with Crippen LogP contribution in [0.3, 0.4) is 0 Å². The monoisotopic (exact) mass is 643 g/mol. The van der Waals surface area contributed by atoms with Crippen LogP contribution in [0.25, 0.3) is 87.7 Å². The minimum Gasteiger partial charge on any atom is -0.208 e. The van der Waals surface area contributed by atoms with E-state index in [1.807, 2.05) is 29.5 Å². The van der Waals surface area contributed by atoms with E-state index in [-0.39, 0.29) is 0 Å². The largest absolute Gasteiger partial charge is 0.208 e. The molecule has 0 spiro atoms. The highest BCUT2D eigenvalue weighted by Crippen LogP contribution is 2.40. The van der Waals surface area contributed by atoms with Crippen molar-refractivity contribution in [3.05, 3.63) is 176 Å². The lowest BCUT2D eigenvalue weighted by molar-refractivity contribution is 1.07. The second-order valence-electron chi connectivity index (χ2n) is 12.0. The van der Waals surface area contributed by atoms with Crippen molar-refractivity contribution in [1.29, 1.82) is 0 Å². The van der Waals surface area contributed by atoms with Crippen LogP contribution in [0.2, 0.25) is 0 Å². The lowest BCUT2D eigenvalue weighted by Gasteiger charge is -2.13. The maximum atomic E-state index is 5.16. The third-order valence-corrected chi connectivity index (χ3v) is 10.2. The molecular formula is C45H29N3S. The first-order chi connectivity index (χ1) is 24.3. The number of nitrogens with zero attached hydrogens (tertiary/aromatic N) is 3. The normalized spacial score (nSPS) is 11.3. The molecule has 230 valence electrons. The lowest BCUT2D eigenvalue weighted by Crippen LogP contribution is -2.01. The molecule has 0 bridgehead atoms. The molecule has 0 aliphatic carbocycles. The van der Waals surface area contributed by atoms with E-state index in [1.165, 1.54) is 31.3 Å². The van der Waals surface area contributed by atoms with Crippen LogP contribution in [-0.2, 0) is 0 Å². The predicted molar refractivity (Wildman–Crippen MR) is 205 cm³/mol. The Balaban J connectivity index is 1.20. The van der Waals surface area contributed by atoms with Crippen molar-refractivity contribution in [2.45, 2.75) is 0 Å². The van der Waals surface area contributed by atoms with Gasteiger partial charge in [0, 0.05) is 36.9 Å². The van der Waals surface area contributed by atoms with Crippen LogP contribution >= 0.6 is 11.3 Å². The van der Waals surface area contributed by atoms with E-state index in [1.54, 1.807) is 0 Å². The summed E-state index contributed by atoms with van der Waals surface area (Å²) in [6.07, 6.45) is 0. The molecule has 0 saturated carbocycles. The highest BCUT2D eigenvalue weighted by atomic mass is 32.1. The van der Waals surface area contributed by atoms with Gasteiger partial charge in [-0.25, -0.2) is 15.0 Å². The molecule has 9 aromatic rings. The van der Waals surface area contributed by atoms with Gasteiger partial charge in [-0.05, 0) is 45.5 Å². The molecule has 0 atom stereocenters. The van der Waals surface area contributed by atoms with Crippen molar-refractivity contribution in [2.75, 3.05) is 0 Å². The standard InChI is InChI=1S/C45H29N3S/c1-3-13-30(14-4-1)31-25-27-33(28-26-31)43-46-44(48-45(47-43)40-21-8-7-19-36(40)32-15-5-2-6-16-32)35-18-11-17-34(29-35)37-22-12-23-39-38-20-9-10-24-41(38)49-42(37)39/h1-29H. The predicted octanol–water partition coefficient (Wildman–Crippen LogP) is 12.2. The second kappa shape index (κ2) is 12.4. The zero-order chi connectivity index (χ0) is 32.6. The number of fused-ring (bicyclic) bond motifs is 3. The Labute approximate surface area is 288 Å². The quantitative estimate of drug-likeness (QED) is 0.181. The molecular weight excluding hydrogens is 615 g/mol. The van der Waals surface area contributed by atoms with E-state index in [0.717, 1.165) is 38.9 Å². The molecule has 0 amide bonds. The summed E-state index contributed by atoms with van der Waals surface area (Å²) in [6.45, 7) is 0. The fraction of sp³-hybridized carbons (Fsp3) is 0. The molecule has 0 radical (unpaired) electrons. The zero-order valence-electron chi connectivity index (χ0n) is 26.5. The molecule has 49 heavy (non-hydrogen) atoms. The van der Waals surface area contributed by atoms with E-state index in [2.05, 4.69) is 158 Å². The van der Waals surface area contributed by atoms with Gasteiger partial charge in [0.2, 0.25) is 0 Å². The molecule has 0 fully saturated rings. The number of hydrogen-bond donors (Lipinski definition) is 0. The lowest BCUT2D eigenvalue weighted by atomic mass is 9.99. The number of hydrogen-bond acceptors (Lipinski definition) is 4. The smallest absolute Gasteiger partial charge is 0.164 e. The maximum absolute atomic E-state index is 5.16. The van der Waals surface area contributed by atoms with Crippen molar-refractivity contribution >= 4 is 31.5 Å². The summed E-state index contributed by atoms with van der Waals surface area (Å²) in [6, 6.07) is 61.5.